The molecule has 106 valence electrons. The summed E-state index contributed by atoms with van der Waals surface area (Å²) in [6.45, 7) is 6.98. The molecule has 2 rings (SSSR count). The Balaban J connectivity index is 1.88. The fourth-order valence-electron chi connectivity index (χ4n) is 3.59. The van der Waals surface area contributed by atoms with E-state index in [0.717, 1.165) is 18.9 Å². The zero-order valence-electron chi connectivity index (χ0n) is 11.9. The van der Waals surface area contributed by atoms with E-state index in [1.807, 2.05) is 0 Å². The lowest BCUT2D eigenvalue weighted by Crippen LogP contribution is -2.48. The van der Waals surface area contributed by atoms with Crippen LogP contribution in [-0.4, -0.2) is 48.3 Å². The zero-order chi connectivity index (χ0) is 12.8. The van der Waals surface area contributed by atoms with Crippen LogP contribution in [0, 0.1) is 5.92 Å². The van der Waals surface area contributed by atoms with Crippen molar-refractivity contribution < 1.29 is 5.11 Å². The summed E-state index contributed by atoms with van der Waals surface area (Å²) in [5.41, 5.74) is 0. The Kier molecular flexibility index (Phi) is 5.93. The van der Waals surface area contributed by atoms with E-state index in [-0.39, 0.29) is 6.10 Å². The van der Waals surface area contributed by atoms with Crippen LogP contribution in [-0.2, 0) is 0 Å². The van der Waals surface area contributed by atoms with Gasteiger partial charge in [-0.1, -0.05) is 19.8 Å². The van der Waals surface area contributed by atoms with Crippen LogP contribution in [0.5, 0.6) is 0 Å². The highest BCUT2D eigenvalue weighted by molar-refractivity contribution is 4.85. The number of nitrogens with zero attached hydrogens (tertiary/aromatic N) is 1. The largest absolute Gasteiger partial charge is 0.391 e. The highest BCUT2D eigenvalue weighted by atomic mass is 16.3. The van der Waals surface area contributed by atoms with Crippen molar-refractivity contribution in [1.82, 2.24) is 10.2 Å². The van der Waals surface area contributed by atoms with E-state index in [0.29, 0.717) is 6.04 Å². The fraction of sp³-hybridized carbons (Fsp3) is 1.00. The van der Waals surface area contributed by atoms with E-state index in [2.05, 4.69) is 17.1 Å². The maximum Gasteiger partial charge on any atom is 0.0695 e. The third kappa shape index (κ3) is 3.94. The van der Waals surface area contributed by atoms with Crippen molar-refractivity contribution in [2.45, 2.75) is 64.0 Å². The lowest BCUT2D eigenvalue weighted by Gasteiger charge is -2.40. The van der Waals surface area contributed by atoms with Crippen LogP contribution in [0.15, 0.2) is 0 Å². The zero-order valence-corrected chi connectivity index (χ0v) is 11.9. The summed E-state index contributed by atoms with van der Waals surface area (Å²) in [5, 5.41) is 13.7. The van der Waals surface area contributed by atoms with Gasteiger partial charge in [-0.2, -0.15) is 0 Å². The second kappa shape index (κ2) is 7.46. The molecule has 0 radical (unpaired) electrons. The SMILES string of the molecule is CCCN(CC1CCNCC1)[C@@H]1CCCC[C@H]1O. The summed E-state index contributed by atoms with van der Waals surface area (Å²) >= 11 is 0. The number of piperidine rings is 1. The molecule has 0 bridgehead atoms. The van der Waals surface area contributed by atoms with Gasteiger partial charge in [0.15, 0.2) is 0 Å². The highest BCUT2D eigenvalue weighted by Crippen LogP contribution is 2.25. The van der Waals surface area contributed by atoms with Crippen molar-refractivity contribution in [3.63, 3.8) is 0 Å². The number of aliphatic hydroxyl groups excluding tert-OH is 1. The monoisotopic (exact) mass is 254 g/mol. The molecule has 3 heteroatoms. The Morgan fingerprint density at radius 1 is 1.11 bits per heavy atom. The van der Waals surface area contributed by atoms with Gasteiger partial charge in [0.2, 0.25) is 0 Å². The Bertz CT molecular complexity index is 229. The Morgan fingerprint density at radius 3 is 2.50 bits per heavy atom. The lowest BCUT2D eigenvalue weighted by atomic mass is 9.89. The molecular weight excluding hydrogens is 224 g/mol. The first kappa shape index (κ1) is 14.3. The Morgan fingerprint density at radius 2 is 1.83 bits per heavy atom. The molecule has 18 heavy (non-hydrogen) atoms. The molecule has 3 nitrogen and oxygen atoms in total. The molecule has 2 atom stereocenters. The number of nitrogens with one attached hydrogen (secondary N) is 1. The first-order valence-corrected chi connectivity index (χ1v) is 7.94. The van der Waals surface area contributed by atoms with Gasteiger partial charge in [-0.05, 0) is 57.7 Å². The van der Waals surface area contributed by atoms with E-state index in [1.165, 1.54) is 58.2 Å². The summed E-state index contributed by atoms with van der Waals surface area (Å²) in [5.74, 6) is 0.840. The minimum atomic E-state index is -0.0768. The molecule has 0 amide bonds. The average molecular weight is 254 g/mol. The van der Waals surface area contributed by atoms with Gasteiger partial charge in [0.1, 0.15) is 0 Å². The summed E-state index contributed by atoms with van der Waals surface area (Å²) in [6, 6.07) is 0.439. The molecule has 0 spiro atoms. The van der Waals surface area contributed by atoms with E-state index in [4.69, 9.17) is 0 Å². The summed E-state index contributed by atoms with van der Waals surface area (Å²) in [4.78, 5) is 2.60. The minimum Gasteiger partial charge on any atom is -0.391 e. The predicted octanol–water partition coefficient (Wildman–Crippen LogP) is 2.00. The molecule has 1 aliphatic heterocycles. The number of aliphatic hydroxyl groups is 1. The van der Waals surface area contributed by atoms with Crippen molar-refractivity contribution >= 4 is 0 Å². The lowest BCUT2D eigenvalue weighted by molar-refractivity contribution is 0.0103. The molecular formula is C15H30N2O. The molecule has 0 aromatic heterocycles. The molecule has 2 aliphatic rings. The molecule has 1 heterocycles. The quantitative estimate of drug-likeness (QED) is 0.788. The summed E-state index contributed by atoms with van der Waals surface area (Å²) < 4.78 is 0. The number of rotatable bonds is 5. The van der Waals surface area contributed by atoms with Crippen LogP contribution in [0.4, 0.5) is 0 Å². The number of hydrogen-bond acceptors (Lipinski definition) is 3. The minimum absolute atomic E-state index is 0.0768. The third-order valence-corrected chi connectivity index (χ3v) is 4.63. The van der Waals surface area contributed by atoms with Crippen LogP contribution in [0.25, 0.3) is 0 Å². The average Bonchev–Trinajstić information content (AvgIpc) is 2.40. The first-order valence-electron chi connectivity index (χ1n) is 7.94. The van der Waals surface area contributed by atoms with Crippen molar-refractivity contribution in [3.8, 4) is 0 Å². The van der Waals surface area contributed by atoms with E-state index in [1.54, 1.807) is 0 Å². The van der Waals surface area contributed by atoms with Crippen molar-refractivity contribution in [2.24, 2.45) is 5.92 Å². The summed E-state index contributed by atoms with van der Waals surface area (Å²) in [7, 11) is 0. The molecule has 2 fully saturated rings. The van der Waals surface area contributed by atoms with E-state index in [9.17, 15) is 5.11 Å². The van der Waals surface area contributed by atoms with Crippen molar-refractivity contribution in [2.75, 3.05) is 26.2 Å². The van der Waals surface area contributed by atoms with Crippen LogP contribution < -0.4 is 5.32 Å². The molecule has 1 saturated heterocycles. The third-order valence-electron chi connectivity index (χ3n) is 4.63. The number of hydrogen-bond donors (Lipinski definition) is 2. The van der Waals surface area contributed by atoms with Gasteiger partial charge in [-0.15, -0.1) is 0 Å². The van der Waals surface area contributed by atoms with Crippen LogP contribution in [0.1, 0.15) is 51.9 Å². The Labute approximate surface area is 112 Å². The standard InChI is InChI=1S/C15H30N2O/c1-2-11-17(12-13-7-9-16-10-8-13)14-5-3-4-6-15(14)18/h13-16,18H,2-12H2,1H3/t14-,15-/m1/s1. The van der Waals surface area contributed by atoms with Crippen molar-refractivity contribution in [3.05, 3.63) is 0 Å². The molecule has 0 unspecified atom stereocenters. The van der Waals surface area contributed by atoms with Gasteiger partial charge in [-0.25, -0.2) is 0 Å². The van der Waals surface area contributed by atoms with E-state index >= 15 is 0 Å². The highest BCUT2D eigenvalue weighted by Gasteiger charge is 2.29. The summed E-state index contributed by atoms with van der Waals surface area (Å²) in [6.07, 6.45) is 8.47. The topological polar surface area (TPSA) is 35.5 Å². The molecule has 2 N–H and O–H groups in total. The second-order valence-corrected chi connectivity index (χ2v) is 6.11. The van der Waals surface area contributed by atoms with Crippen LogP contribution in [0.3, 0.4) is 0 Å². The second-order valence-electron chi connectivity index (χ2n) is 6.11. The fourth-order valence-corrected chi connectivity index (χ4v) is 3.59. The van der Waals surface area contributed by atoms with Gasteiger partial charge >= 0.3 is 0 Å². The molecule has 1 aliphatic carbocycles. The van der Waals surface area contributed by atoms with Crippen molar-refractivity contribution in [1.29, 1.82) is 0 Å². The Hall–Kier alpha value is -0.120. The van der Waals surface area contributed by atoms with Gasteiger partial charge < -0.3 is 10.4 Å². The van der Waals surface area contributed by atoms with Gasteiger partial charge in [-0.3, -0.25) is 4.90 Å². The first-order chi connectivity index (χ1) is 8.81. The van der Waals surface area contributed by atoms with Crippen LogP contribution >= 0.6 is 0 Å². The van der Waals surface area contributed by atoms with Gasteiger partial charge in [0.25, 0.3) is 0 Å². The molecule has 0 aromatic carbocycles. The predicted molar refractivity (Wildman–Crippen MR) is 75.7 cm³/mol. The smallest absolute Gasteiger partial charge is 0.0695 e. The normalized spacial score (nSPS) is 30.8. The maximum atomic E-state index is 10.2. The van der Waals surface area contributed by atoms with Gasteiger partial charge in [0.05, 0.1) is 6.10 Å². The van der Waals surface area contributed by atoms with E-state index < -0.39 is 0 Å². The molecule has 0 aromatic rings. The molecule has 1 saturated carbocycles. The maximum absolute atomic E-state index is 10.2. The van der Waals surface area contributed by atoms with Crippen LogP contribution in [0.2, 0.25) is 0 Å². The van der Waals surface area contributed by atoms with Gasteiger partial charge in [0, 0.05) is 12.6 Å².